The van der Waals surface area contributed by atoms with Gasteiger partial charge in [0, 0.05) is 42.6 Å². The predicted octanol–water partition coefficient (Wildman–Crippen LogP) is 7.87. The van der Waals surface area contributed by atoms with Gasteiger partial charge in [-0.3, -0.25) is 10.7 Å². The molecule has 0 bridgehead atoms. The van der Waals surface area contributed by atoms with Gasteiger partial charge in [0.15, 0.2) is 5.79 Å². The fourth-order valence-corrected chi connectivity index (χ4v) is 5.98. The summed E-state index contributed by atoms with van der Waals surface area (Å²) in [5, 5.41) is 10.7. The number of nitrogens with zero attached hydrogens (tertiary/aromatic N) is 2. The van der Waals surface area contributed by atoms with Gasteiger partial charge < -0.3 is 10.2 Å². The Hall–Kier alpha value is -2.86. The summed E-state index contributed by atoms with van der Waals surface area (Å²) in [6, 6.07) is 31.0. The molecule has 0 radical (unpaired) electrons. The van der Waals surface area contributed by atoms with Crippen LogP contribution in [-0.2, 0) is 12.3 Å². The van der Waals surface area contributed by atoms with Crippen molar-refractivity contribution in [2.24, 2.45) is 0 Å². The average Bonchev–Trinajstić information content (AvgIpc) is 3.01. The van der Waals surface area contributed by atoms with Crippen LogP contribution in [0.25, 0.3) is 0 Å². The summed E-state index contributed by atoms with van der Waals surface area (Å²) in [6.07, 6.45) is 11.0. The molecular formula is C35H51N5. The molecule has 40 heavy (non-hydrogen) atoms. The van der Waals surface area contributed by atoms with Gasteiger partial charge in [0.1, 0.15) is 0 Å². The van der Waals surface area contributed by atoms with E-state index in [0.717, 1.165) is 25.3 Å². The van der Waals surface area contributed by atoms with E-state index in [1.165, 1.54) is 74.6 Å². The molecule has 0 spiro atoms. The molecule has 0 aromatic heterocycles. The zero-order valence-electron chi connectivity index (χ0n) is 25.0. The number of para-hydroxylation sites is 2. The highest BCUT2D eigenvalue weighted by molar-refractivity contribution is 5.60. The van der Waals surface area contributed by atoms with Crippen LogP contribution in [0.5, 0.6) is 0 Å². The third-order valence-electron chi connectivity index (χ3n) is 8.17. The van der Waals surface area contributed by atoms with E-state index in [-0.39, 0.29) is 0 Å². The maximum absolute atomic E-state index is 4.24. The number of hydrazine groups is 1. The molecule has 1 atom stereocenters. The highest BCUT2D eigenvalue weighted by Gasteiger charge is 2.43. The normalized spacial score (nSPS) is 15.6. The van der Waals surface area contributed by atoms with Gasteiger partial charge in [-0.1, -0.05) is 113 Å². The summed E-state index contributed by atoms with van der Waals surface area (Å²) in [7, 11) is 2.06. The first-order valence-electron chi connectivity index (χ1n) is 15.6. The van der Waals surface area contributed by atoms with Crippen molar-refractivity contribution in [2.75, 3.05) is 30.4 Å². The minimum absolute atomic E-state index is 0.421. The molecule has 0 amide bonds. The van der Waals surface area contributed by atoms with Gasteiger partial charge in [0.2, 0.25) is 0 Å². The standard InChI is InChI=1S/C35H51N5/c1-4-6-27-39(28-7-5-2)34-26-18-17-25-33(34)35(37-31-21-13-9-14-22-31,38-32-23-15-10-16-24-32)40(36-3)29-30-19-11-8-12-20-30/h8-9,11-14,17-22,25-26,32,36-38H,4-7,10,15-16,23-24,27-29H2,1-3H3. The number of hydrogen-bond donors (Lipinski definition) is 3. The molecule has 5 heteroatoms. The van der Waals surface area contributed by atoms with Crippen molar-refractivity contribution in [3.05, 3.63) is 96.1 Å². The molecule has 3 aromatic carbocycles. The molecule has 1 aliphatic rings. The lowest BCUT2D eigenvalue weighted by atomic mass is 9.92. The van der Waals surface area contributed by atoms with Crippen LogP contribution in [0.1, 0.15) is 82.8 Å². The largest absolute Gasteiger partial charge is 0.371 e. The Morgan fingerprint density at radius 1 is 0.750 bits per heavy atom. The predicted molar refractivity (Wildman–Crippen MR) is 171 cm³/mol. The lowest BCUT2D eigenvalue weighted by molar-refractivity contribution is 0.0106. The summed E-state index contributed by atoms with van der Waals surface area (Å²) in [6.45, 7) is 7.46. The first-order valence-corrected chi connectivity index (χ1v) is 15.6. The quantitative estimate of drug-likeness (QED) is 0.127. The molecule has 1 unspecified atom stereocenters. The Bertz CT molecular complexity index is 1090. The smallest absolute Gasteiger partial charge is 0.188 e. The molecule has 3 N–H and O–H groups in total. The number of anilines is 2. The van der Waals surface area contributed by atoms with Crippen LogP contribution in [-0.4, -0.2) is 31.2 Å². The van der Waals surface area contributed by atoms with E-state index in [1.54, 1.807) is 0 Å². The van der Waals surface area contributed by atoms with Crippen LogP contribution in [0.2, 0.25) is 0 Å². The number of hydrogen-bond acceptors (Lipinski definition) is 5. The van der Waals surface area contributed by atoms with Gasteiger partial charge in [-0.25, -0.2) is 0 Å². The van der Waals surface area contributed by atoms with Crippen molar-refractivity contribution in [3.8, 4) is 0 Å². The van der Waals surface area contributed by atoms with Gasteiger partial charge in [0.25, 0.3) is 0 Å². The zero-order valence-corrected chi connectivity index (χ0v) is 25.0. The van der Waals surface area contributed by atoms with Crippen LogP contribution in [0.15, 0.2) is 84.9 Å². The summed E-state index contributed by atoms with van der Waals surface area (Å²) in [4.78, 5) is 2.63. The second-order valence-corrected chi connectivity index (χ2v) is 11.2. The van der Waals surface area contributed by atoms with E-state index in [1.807, 2.05) is 0 Å². The first kappa shape index (κ1) is 30.1. The molecule has 0 saturated heterocycles. The van der Waals surface area contributed by atoms with E-state index >= 15 is 0 Å². The van der Waals surface area contributed by atoms with E-state index < -0.39 is 5.79 Å². The maximum Gasteiger partial charge on any atom is 0.188 e. The van der Waals surface area contributed by atoms with Gasteiger partial charge in [-0.05, 0) is 56.5 Å². The highest BCUT2D eigenvalue weighted by atomic mass is 15.6. The summed E-state index contributed by atoms with van der Waals surface area (Å²) < 4.78 is 0. The molecule has 0 aliphatic heterocycles. The van der Waals surface area contributed by atoms with Crippen LogP contribution >= 0.6 is 0 Å². The van der Waals surface area contributed by atoms with Crippen molar-refractivity contribution in [3.63, 3.8) is 0 Å². The first-order chi connectivity index (χ1) is 19.7. The lowest BCUT2D eigenvalue weighted by Gasteiger charge is -2.49. The molecule has 3 aromatic rings. The average molecular weight is 542 g/mol. The lowest BCUT2D eigenvalue weighted by Crippen LogP contribution is -2.67. The second-order valence-electron chi connectivity index (χ2n) is 11.2. The molecule has 0 heterocycles. The Kier molecular flexibility index (Phi) is 11.9. The Balaban J connectivity index is 1.89. The Morgan fingerprint density at radius 2 is 1.35 bits per heavy atom. The summed E-state index contributed by atoms with van der Waals surface area (Å²) in [5.74, 6) is -0.679. The number of unbranched alkanes of at least 4 members (excludes halogenated alkanes) is 2. The van der Waals surface area contributed by atoms with Crippen molar-refractivity contribution in [1.82, 2.24) is 15.8 Å². The minimum atomic E-state index is -0.679. The van der Waals surface area contributed by atoms with Crippen molar-refractivity contribution in [2.45, 2.75) is 90.0 Å². The van der Waals surface area contributed by atoms with E-state index in [2.05, 4.69) is 132 Å². The summed E-state index contributed by atoms with van der Waals surface area (Å²) >= 11 is 0. The molecule has 5 nitrogen and oxygen atoms in total. The monoisotopic (exact) mass is 541 g/mol. The van der Waals surface area contributed by atoms with Crippen molar-refractivity contribution >= 4 is 11.4 Å². The number of benzene rings is 3. The Labute approximate surface area is 243 Å². The number of nitrogens with one attached hydrogen (secondary N) is 3. The van der Waals surface area contributed by atoms with Gasteiger partial charge in [0.05, 0.1) is 0 Å². The Morgan fingerprint density at radius 3 is 1.98 bits per heavy atom. The fourth-order valence-electron chi connectivity index (χ4n) is 5.98. The van der Waals surface area contributed by atoms with E-state index in [9.17, 15) is 0 Å². The zero-order chi connectivity index (χ0) is 28.0. The highest BCUT2D eigenvalue weighted by Crippen LogP contribution is 2.37. The number of rotatable bonds is 16. The molecule has 4 rings (SSSR count). The third-order valence-corrected chi connectivity index (χ3v) is 8.17. The van der Waals surface area contributed by atoms with E-state index in [0.29, 0.717) is 6.04 Å². The maximum atomic E-state index is 4.24. The topological polar surface area (TPSA) is 42.6 Å². The van der Waals surface area contributed by atoms with Crippen molar-refractivity contribution < 1.29 is 0 Å². The van der Waals surface area contributed by atoms with Crippen molar-refractivity contribution in [1.29, 1.82) is 0 Å². The SMILES string of the molecule is CCCCN(CCCC)c1ccccc1C(Nc1ccccc1)(NC1CCCCC1)N(Cc1ccccc1)NC. The second kappa shape index (κ2) is 15.8. The van der Waals surface area contributed by atoms with Crippen LogP contribution in [0.3, 0.4) is 0 Å². The van der Waals surface area contributed by atoms with E-state index in [4.69, 9.17) is 0 Å². The van der Waals surface area contributed by atoms with Gasteiger partial charge in [-0.2, -0.15) is 5.01 Å². The molecule has 1 fully saturated rings. The molecule has 216 valence electrons. The minimum Gasteiger partial charge on any atom is -0.371 e. The molecule has 1 saturated carbocycles. The van der Waals surface area contributed by atoms with Crippen LogP contribution < -0.4 is 21.0 Å². The van der Waals surface area contributed by atoms with Gasteiger partial charge >= 0.3 is 0 Å². The van der Waals surface area contributed by atoms with Crippen LogP contribution in [0.4, 0.5) is 11.4 Å². The van der Waals surface area contributed by atoms with Crippen LogP contribution in [0, 0.1) is 0 Å². The fraction of sp³-hybridized carbons (Fsp3) is 0.486. The third kappa shape index (κ3) is 7.87. The molecular weight excluding hydrogens is 490 g/mol. The molecule has 1 aliphatic carbocycles. The summed E-state index contributed by atoms with van der Waals surface area (Å²) in [5.41, 5.74) is 8.59. The van der Waals surface area contributed by atoms with Gasteiger partial charge in [-0.15, -0.1) is 0 Å².